The van der Waals surface area contributed by atoms with Crippen LogP contribution >= 0.6 is 0 Å². The third-order valence-electron chi connectivity index (χ3n) is 19.7. The lowest BCUT2D eigenvalue weighted by Crippen LogP contribution is -2.45. The van der Waals surface area contributed by atoms with Crippen molar-refractivity contribution in [1.82, 2.24) is 5.32 Å². The van der Waals surface area contributed by atoms with E-state index in [9.17, 15) is 19.8 Å². The van der Waals surface area contributed by atoms with Gasteiger partial charge in [-0.3, -0.25) is 9.59 Å². The van der Waals surface area contributed by atoms with E-state index in [0.717, 1.165) is 51.4 Å². The Labute approximate surface area is 570 Å². The van der Waals surface area contributed by atoms with Crippen LogP contribution in [0.2, 0.25) is 0 Å². The van der Waals surface area contributed by atoms with Crippen LogP contribution in [0, 0.1) is 0 Å². The second-order valence-corrected chi connectivity index (χ2v) is 28.8. The molecule has 1 amide bonds. The minimum Gasteiger partial charge on any atom is -0.466 e. The van der Waals surface area contributed by atoms with Crippen molar-refractivity contribution in [2.45, 2.75) is 482 Å². The van der Waals surface area contributed by atoms with E-state index in [4.69, 9.17) is 4.74 Å². The van der Waals surface area contributed by atoms with Gasteiger partial charge in [0.25, 0.3) is 0 Å². The highest BCUT2D eigenvalue weighted by atomic mass is 16.5. The molecule has 0 aliphatic heterocycles. The molecule has 0 heterocycles. The number of aliphatic hydroxyl groups is 2. The molecule has 0 bridgehead atoms. The second kappa shape index (κ2) is 80.5. The molecule has 3 N–H and O–H groups in total. The van der Waals surface area contributed by atoms with Crippen LogP contribution in [0.25, 0.3) is 0 Å². The zero-order valence-corrected chi connectivity index (χ0v) is 61.9. The van der Waals surface area contributed by atoms with Gasteiger partial charge in [-0.05, 0) is 64.2 Å². The van der Waals surface area contributed by atoms with Gasteiger partial charge in [-0.1, -0.05) is 429 Å². The summed E-state index contributed by atoms with van der Waals surface area (Å²) in [4.78, 5) is 24.6. The Bertz CT molecular complexity index is 1470. The molecule has 0 saturated heterocycles. The molecule has 91 heavy (non-hydrogen) atoms. The summed E-state index contributed by atoms with van der Waals surface area (Å²) in [5.41, 5.74) is 0. The summed E-state index contributed by atoms with van der Waals surface area (Å²) in [7, 11) is 0. The van der Waals surface area contributed by atoms with Crippen LogP contribution in [0.5, 0.6) is 0 Å². The van der Waals surface area contributed by atoms with Crippen molar-refractivity contribution in [2.24, 2.45) is 0 Å². The molecule has 0 rings (SSSR count). The lowest BCUT2D eigenvalue weighted by Gasteiger charge is -2.20. The molecule has 0 saturated carbocycles. The van der Waals surface area contributed by atoms with E-state index in [-0.39, 0.29) is 18.5 Å². The first-order valence-electron chi connectivity index (χ1n) is 41.8. The van der Waals surface area contributed by atoms with E-state index < -0.39 is 12.1 Å². The van der Waals surface area contributed by atoms with Gasteiger partial charge in [0.05, 0.1) is 25.4 Å². The predicted molar refractivity (Wildman–Crippen MR) is 403 cm³/mol. The summed E-state index contributed by atoms with van der Waals surface area (Å²) in [6.07, 6.45) is 106. The van der Waals surface area contributed by atoms with Crippen LogP contribution in [0.1, 0.15) is 470 Å². The van der Waals surface area contributed by atoms with Crippen LogP contribution in [0.15, 0.2) is 36.5 Å². The number of ether oxygens (including phenoxy) is 1. The maximum absolute atomic E-state index is 12.6. The fraction of sp³-hybridized carbons (Fsp3) is 0.906. The van der Waals surface area contributed by atoms with E-state index in [1.165, 1.54) is 392 Å². The molecule has 0 aromatic rings. The summed E-state index contributed by atoms with van der Waals surface area (Å²) < 4.78 is 5.50. The second-order valence-electron chi connectivity index (χ2n) is 28.8. The van der Waals surface area contributed by atoms with E-state index in [1.54, 1.807) is 6.08 Å². The molecular weight excluding hydrogens is 1110 g/mol. The topological polar surface area (TPSA) is 95.9 Å². The van der Waals surface area contributed by atoms with Crippen molar-refractivity contribution in [3.8, 4) is 0 Å². The maximum Gasteiger partial charge on any atom is 0.305 e. The predicted octanol–water partition coefficient (Wildman–Crippen LogP) is 27.8. The molecule has 6 nitrogen and oxygen atoms in total. The molecule has 2 unspecified atom stereocenters. The van der Waals surface area contributed by atoms with Crippen molar-refractivity contribution >= 4 is 11.9 Å². The normalized spacial score (nSPS) is 12.6. The maximum atomic E-state index is 12.6. The van der Waals surface area contributed by atoms with Gasteiger partial charge in [0.15, 0.2) is 0 Å². The number of hydrogen-bond donors (Lipinski definition) is 3. The Morgan fingerprint density at radius 2 is 0.549 bits per heavy atom. The Kier molecular flexibility index (Phi) is 78.8. The number of rotatable bonds is 79. The van der Waals surface area contributed by atoms with Crippen molar-refractivity contribution in [2.75, 3.05) is 13.2 Å². The number of allylic oxidation sites excluding steroid dienone is 5. The van der Waals surface area contributed by atoms with Gasteiger partial charge in [0.1, 0.15) is 0 Å². The average Bonchev–Trinajstić information content (AvgIpc) is 3.69. The van der Waals surface area contributed by atoms with E-state index in [1.807, 2.05) is 6.08 Å². The van der Waals surface area contributed by atoms with Crippen LogP contribution in [0.4, 0.5) is 0 Å². The van der Waals surface area contributed by atoms with Crippen LogP contribution in [0.3, 0.4) is 0 Å². The minimum atomic E-state index is -0.842. The minimum absolute atomic E-state index is 0.00983. The number of aliphatic hydroxyl groups excluding tert-OH is 2. The Hall–Kier alpha value is -1.92. The highest BCUT2D eigenvalue weighted by molar-refractivity contribution is 5.76. The standard InChI is InChI=1S/C85H163NO5/c1-3-5-7-9-11-13-15-17-19-20-21-22-40-43-46-50-53-57-61-65-69-73-77-83(88)82(81-87)86-84(89)78-74-70-66-62-58-54-51-47-44-41-38-36-34-32-30-28-26-24-23-25-27-29-31-33-35-37-39-42-45-48-52-56-60-64-68-72-76-80-91-85(90)79-75-71-67-63-59-55-49-18-16-14-12-10-8-6-4-2/h12,14,18,49,73,77,82-83,87-88H,3-11,13,15-17,19-48,50-72,74-76,78-81H2,1-2H3,(H,86,89)/b14-12-,49-18-,77-73+. The van der Waals surface area contributed by atoms with Gasteiger partial charge in [-0.15, -0.1) is 0 Å². The molecule has 0 aromatic carbocycles. The first kappa shape index (κ1) is 89.1. The van der Waals surface area contributed by atoms with E-state index in [0.29, 0.717) is 19.4 Å². The van der Waals surface area contributed by atoms with Gasteiger partial charge in [0.2, 0.25) is 5.91 Å². The van der Waals surface area contributed by atoms with Crippen LogP contribution < -0.4 is 5.32 Å². The Morgan fingerprint density at radius 3 is 0.857 bits per heavy atom. The molecule has 538 valence electrons. The molecule has 0 aliphatic rings. The van der Waals surface area contributed by atoms with Crippen molar-refractivity contribution < 1.29 is 24.5 Å². The smallest absolute Gasteiger partial charge is 0.305 e. The number of hydrogen-bond acceptors (Lipinski definition) is 5. The lowest BCUT2D eigenvalue weighted by molar-refractivity contribution is -0.143. The molecular formula is C85H163NO5. The van der Waals surface area contributed by atoms with Gasteiger partial charge in [0, 0.05) is 12.8 Å². The highest BCUT2D eigenvalue weighted by Gasteiger charge is 2.18. The summed E-state index contributed by atoms with van der Waals surface area (Å²) in [6.45, 7) is 4.92. The third kappa shape index (κ3) is 77.0. The monoisotopic (exact) mass is 1280 g/mol. The number of carbonyl (C=O) groups is 2. The summed E-state index contributed by atoms with van der Waals surface area (Å²) >= 11 is 0. The largest absolute Gasteiger partial charge is 0.466 e. The molecule has 6 heteroatoms. The molecule has 2 atom stereocenters. The fourth-order valence-corrected chi connectivity index (χ4v) is 13.3. The summed E-state index contributed by atoms with van der Waals surface area (Å²) in [5.74, 6) is -0.0474. The van der Waals surface area contributed by atoms with Gasteiger partial charge < -0.3 is 20.3 Å². The molecule has 0 radical (unpaired) electrons. The Morgan fingerprint density at radius 1 is 0.308 bits per heavy atom. The highest BCUT2D eigenvalue weighted by Crippen LogP contribution is 2.20. The quantitative estimate of drug-likeness (QED) is 0.0320. The van der Waals surface area contributed by atoms with Crippen LogP contribution in [-0.2, 0) is 14.3 Å². The van der Waals surface area contributed by atoms with Gasteiger partial charge >= 0.3 is 5.97 Å². The van der Waals surface area contributed by atoms with Crippen molar-refractivity contribution in [3.63, 3.8) is 0 Å². The molecule has 0 spiro atoms. The number of nitrogens with one attached hydrogen (secondary N) is 1. The molecule has 0 aromatic heterocycles. The van der Waals surface area contributed by atoms with Gasteiger partial charge in [-0.25, -0.2) is 0 Å². The molecule has 0 aliphatic carbocycles. The first-order valence-corrected chi connectivity index (χ1v) is 41.8. The Balaban J connectivity index is 3.33. The SMILES string of the molecule is CCCCC/C=C\C/C=C\CCCCCCCC(=O)OCCCCCCCCCCCCCCCCCCCCCCCCCCCCCCCCCCCCCCCC(=O)NC(CO)C(O)/C=C/CCCCCCCCCCCCCCCCCCCCCC. The lowest BCUT2D eigenvalue weighted by atomic mass is 10.0. The number of amides is 1. The van der Waals surface area contributed by atoms with Crippen molar-refractivity contribution in [1.29, 1.82) is 0 Å². The van der Waals surface area contributed by atoms with Gasteiger partial charge in [-0.2, -0.15) is 0 Å². The van der Waals surface area contributed by atoms with Crippen LogP contribution in [-0.4, -0.2) is 47.4 Å². The summed E-state index contributed by atoms with van der Waals surface area (Å²) in [5, 5.41) is 23.3. The zero-order chi connectivity index (χ0) is 65.6. The van der Waals surface area contributed by atoms with E-state index >= 15 is 0 Å². The average molecular weight is 1280 g/mol. The molecule has 0 fully saturated rings. The fourth-order valence-electron chi connectivity index (χ4n) is 13.3. The number of carbonyl (C=O) groups excluding carboxylic acids is 2. The third-order valence-corrected chi connectivity index (χ3v) is 19.7. The number of esters is 1. The summed E-state index contributed by atoms with van der Waals surface area (Å²) in [6, 6.07) is -0.625. The van der Waals surface area contributed by atoms with Crippen molar-refractivity contribution in [3.05, 3.63) is 36.5 Å². The zero-order valence-electron chi connectivity index (χ0n) is 61.9. The van der Waals surface area contributed by atoms with E-state index in [2.05, 4.69) is 43.5 Å². The first-order chi connectivity index (χ1) is 45.0. The number of unbranched alkanes of at least 4 members (excludes halogenated alkanes) is 64.